The van der Waals surface area contributed by atoms with Crippen LogP contribution < -0.4 is 5.32 Å². The van der Waals surface area contributed by atoms with Gasteiger partial charge in [0.05, 0.1) is 0 Å². The van der Waals surface area contributed by atoms with Gasteiger partial charge in [-0.25, -0.2) is 0 Å². The van der Waals surface area contributed by atoms with E-state index < -0.39 is 0 Å². The van der Waals surface area contributed by atoms with Crippen molar-refractivity contribution in [3.63, 3.8) is 0 Å². The molecular weight excluding hydrogens is 218 g/mol. The Morgan fingerprint density at radius 1 is 1.17 bits per heavy atom. The average Bonchev–Trinajstić information content (AvgIpc) is 2.40. The van der Waals surface area contributed by atoms with Crippen LogP contribution >= 0.6 is 0 Å². The van der Waals surface area contributed by atoms with E-state index >= 15 is 0 Å². The van der Waals surface area contributed by atoms with Gasteiger partial charge in [0, 0.05) is 6.04 Å². The number of hydrogen-bond acceptors (Lipinski definition) is 1. The van der Waals surface area contributed by atoms with Gasteiger partial charge >= 0.3 is 0 Å². The first-order valence-corrected chi connectivity index (χ1v) is 7.44. The zero-order chi connectivity index (χ0) is 13.0. The van der Waals surface area contributed by atoms with Gasteiger partial charge in [-0.1, -0.05) is 57.0 Å². The summed E-state index contributed by atoms with van der Waals surface area (Å²) in [6.45, 7) is 4.78. The van der Waals surface area contributed by atoms with E-state index in [0.29, 0.717) is 12.0 Å². The fourth-order valence-electron chi connectivity index (χ4n) is 3.67. The molecule has 0 heterocycles. The topological polar surface area (TPSA) is 12.0 Å². The van der Waals surface area contributed by atoms with E-state index in [1.54, 1.807) is 0 Å². The molecule has 1 aromatic carbocycles. The molecule has 0 amide bonds. The van der Waals surface area contributed by atoms with Crippen LogP contribution in [0.5, 0.6) is 0 Å². The first-order chi connectivity index (χ1) is 8.72. The summed E-state index contributed by atoms with van der Waals surface area (Å²) >= 11 is 0. The van der Waals surface area contributed by atoms with Gasteiger partial charge < -0.3 is 5.32 Å². The highest BCUT2D eigenvalue weighted by atomic mass is 14.9. The van der Waals surface area contributed by atoms with Crippen LogP contribution in [0, 0.1) is 11.8 Å². The first-order valence-electron chi connectivity index (χ1n) is 7.44. The number of benzene rings is 1. The van der Waals surface area contributed by atoms with Crippen LogP contribution in [0.2, 0.25) is 0 Å². The smallest absolute Gasteiger partial charge is 0.0158 e. The van der Waals surface area contributed by atoms with Gasteiger partial charge in [-0.3, -0.25) is 0 Å². The molecule has 4 unspecified atom stereocenters. The third-order valence-electron chi connectivity index (χ3n) is 4.68. The Morgan fingerprint density at radius 2 is 1.89 bits per heavy atom. The molecule has 1 nitrogen and oxygen atoms in total. The fraction of sp³-hybridized carbons (Fsp3) is 0.647. The van der Waals surface area contributed by atoms with Crippen molar-refractivity contribution in [3.8, 4) is 0 Å². The molecule has 0 aliphatic heterocycles. The highest BCUT2D eigenvalue weighted by molar-refractivity contribution is 5.21. The van der Waals surface area contributed by atoms with Crippen LogP contribution in [0.1, 0.15) is 51.0 Å². The zero-order valence-corrected chi connectivity index (χ0v) is 12.0. The lowest BCUT2D eigenvalue weighted by molar-refractivity contribution is 0.212. The van der Waals surface area contributed by atoms with E-state index in [1.807, 2.05) is 0 Å². The van der Waals surface area contributed by atoms with Gasteiger partial charge in [0.25, 0.3) is 0 Å². The minimum Gasteiger partial charge on any atom is -0.316 e. The molecule has 4 atom stereocenters. The molecule has 100 valence electrons. The third-order valence-corrected chi connectivity index (χ3v) is 4.68. The Bertz CT molecular complexity index is 346. The zero-order valence-electron chi connectivity index (χ0n) is 12.0. The highest BCUT2D eigenvalue weighted by Crippen LogP contribution is 2.35. The van der Waals surface area contributed by atoms with Crippen LogP contribution in [-0.4, -0.2) is 13.1 Å². The molecule has 0 radical (unpaired) electrons. The second-order valence-corrected chi connectivity index (χ2v) is 6.05. The molecule has 1 aromatic rings. The van der Waals surface area contributed by atoms with Gasteiger partial charge in [-0.15, -0.1) is 0 Å². The van der Waals surface area contributed by atoms with E-state index in [4.69, 9.17) is 0 Å². The summed E-state index contributed by atoms with van der Waals surface area (Å²) in [5.41, 5.74) is 1.47. The summed E-state index contributed by atoms with van der Waals surface area (Å²) in [5.74, 6) is 2.35. The normalized spacial score (nSPS) is 27.7. The minimum absolute atomic E-state index is 0.603. The van der Waals surface area contributed by atoms with Gasteiger partial charge in [0.2, 0.25) is 0 Å². The lowest BCUT2D eigenvalue weighted by Crippen LogP contribution is -2.40. The average molecular weight is 245 g/mol. The minimum atomic E-state index is 0.603. The van der Waals surface area contributed by atoms with Crippen molar-refractivity contribution in [2.75, 3.05) is 7.05 Å². The number of likely N-dealkylation sites (N-methyl/N-ethyl adjacent to an activating group) is 1. The number of nitrogens with one attached hydrogen (secondary N) is 1. The van der Waals surface area contributed by atoms with Crippen LogP contribution in [0.15, 0.2) is 30.3 Å². The molecular formula is C17H27N. The van der Waals surface area contributed by atoms with E-state index in [-0.39, 0.29) is 0 Å². The van der Waals surface area contributed by atoms with Gasteiger partial charge in [0.1, 0.15) is 0 Å². The van der Waals surface area contributed by atoms with Crippen molar-refractivity contribution >= 4 is 0 Å². The molecule has 1 saturated carbocycles. The van der Waals surface area contributed by atoms with Crippen molar-refractivity contribution < 1.29 is 0 Å². The van der Waals surface area contributed by atoms with Crippen LogP contribution in [0.3, 0.4) is 0 Å². The summed E-state index contributed by atoms with van der Waals surface area (Å²) < 4.78 is 0. The predicted octanol–water partition coefficient (Wildman–Crippen LogP) is 4.20. The SMILES string of the molecule is CNC(C1CCCC(C)C1)C(C)c1ccccc1. The Labute approximate surface area is 112 Å². The number of rotatable bonds is 4. The molecule has 0 spiro atoms. The Balaban J connectivity index is 2.08. The largest absolute Gasteiger partial charge is 0.316 e. The van der Waals surface area contributed by atoms with E-state index in [0.717, 1.165) is 11.8 Å². The molecule has 18 heavy (non-hydrogen) atoms. The van der Waals surface area contributed by atoms with E-state index in [1.165, 1.54) is 31.2 Å². The molecule has 0 aromatic heterocycles. The van der Waals surface area contributed by atoms with Crippen LogP contribution in [0.25, 0.3) is 0 Å². The van der Waals surface area contributed by atoms with Gasteiger partial charge in [-0.05, 0) is 43.2 Å². The summed E-state index contributed by atoms with van der Waals surface area (Å²) in [6, 6.07) is 11.6. The monoisotopic (exact) mass is 245 g/mol. The highest BCUT2D eigenvalue weighted by Gasteiger charge is 2.29. The van der Waals surface area contributed by atoms with Crippen molar-refractivity contribution in [1.29, 1.82) is 0 Å². The Morgan fingerprint density at radius 3 is 2.50 bits per heavy atom. The summed E-state index contributed by atoms with van der Waals surface area (Å²) in [4.78, 5) is 0. The summed E-state index contributed by atoms with van der Waals surface area (Å²) in [7, 11) is 2.13. The third kappa shape index (κ3) is 3.14. The van der Waals surface area contributed by atoms with E-state index in [2.05, 4.69) is 56.5 Å². The van der Waals surface area contributed by atoms with Gasteiger partial charge in [0.15, 0.2) is 0 Å². The Hall–Kier alpha value is -0.820. The van der Waals surface area contributed by atoms with Crippen molar-refractivity contribution in [3.05, 3.63) is 35.9 Å². The standard InChI is InChI=1S/C17H27N/c1-13-8-7-11-16(12-13)17(18-3)14(2)15-9-5-4-6-10-15/h4-6,9-10,13-14,16-18H,7-8,11-12H2,1-3H3. The fourth-order valence-corrected chi connectivity index (χ4v) is 3.67. The lowest BCUT2D eigenvalue weighted by atomic mass is 9.74. The van der Waals surface area contributed by atoms with Crippen molar-refractivity contribution in [2.45, 2.75) is 51.5 Å². The molecule has 1 aliphatic carbocycles. The molecule has 1 fully saturated rings. The maximum Gasteiger partial charge on any atom is 0.0158 e. The second-order valence-electron chi connectivity index (χ2n) is 6.05. The maximum atomic E-state index is 3.59. The second kappa shape index (κ2) is 6.38. The van der Waals surface area contributed by atoms with Crippen LogP contribution in [0.4, 0.5) is 0 Å². The Kier molecular flexibility index (Phi) is 4.82. The van der Waals surface area contributed by atoms with Gasteiger partial charge in [-0.2, -0.15) is 0 Å². The quantitative estimate of drug-likeness (QED) is 0.838. The van der Waals surface area contributed by atoms with Crippen molar-refractivity contribution in [1.82, 2.24) is 5.32 Å². The molecule has 2 rings (SSSR count). The molecule has 1 N–H and O–H groups in total. The lowest BCUT2D eigenvalue weighted by Gasteiger charge is -2.36. The predicted molar refractivity (Wildman–Crippen MR) is 78.8 cm³/mol. The van der Waals surface area contributed by atoms with Crippen LogP contribution in [-0.2, 0) is 0 Å². The number of hydrogen-bond donors (Lipinski definition) is 1. The maximum absolute atomic E-state index is 3.59. The molecule has 0 saturated heterocycles. The molecule has 0 bridgehead atoms. The summed E-state index contributed by atoms with van der Waals surface area (Å²) in [5, 5.41) is 3.59. The first kappa shape index (κ1) is 13.6. The summed E-state index contributed by atoms with van der Waals surface area (Å²) in [6.07, 6.45) is 5.62. The molecule has 1 heteroatoms. The van der Waals surface area contributed by atoms with E-state index in [9.17, 15) is 0 Å². The molecule has 1 aliphatic rings. The van der Waals surface area contributed by atoms with Crippen molar-refractivity contribution in [2.24, 2.45) is 11.8 Å².